The lowest BCUT2D eigenvalue weighted by Gasteiger charge is -2.00. The number of hydrogen-bond acceptors (Lipinski definition) is 5. The van der Waals surface area contributed by atoms with Crippen molar-refractivity contribution in [2.24, 2.45) is 0 Å². The molecule has 0 aliphatic heterocycles. The van der Waals surface area contributed by atoms with Crippen LogP contribution in [0.5, 0.6) is 5.75 Å². The molecule has 0 N–H and O–H groups in total. The van der Waals surface area contributed by atoms with Crippen molar-refractivity contribution in [1.82, 2.24) is 9.97 Å². The normalized spacial score (nSPS) is 11.0. The van der Waals surface area contributed by atoms with Gasteiger partial charge >= 0.3 is 0 Å². The predicted octanol–water partition coefficient (Wildman–Crippen LogP) is 3.97. The Morgan fingerprint density at radius 2 is 1.83 bits per heavy atom. The molecular weight excluding hydrogens is 304 g/mol. The van der Waals surface area contributed by atoms with E-state index in [0.29, 0.717) is 19.1 Å². The Bertz CT molecular complexity index is 780. The number of aromatic nitrogens is 2. The van der Waals surface area contributed by atoms with E-state index in [1.165, 1.54) is 0 Å². The summed E-state index contributed by atoms with van der Waals surface area (Å²) in [5, 5.41) is 0. The summed E-state index contributed by atoms with van der Waals surface area (Å²) >= 11 is 0. The van der Waals surface area contributed by atoms with Crippen LogP contribution in [0.1, 0.15) is 22.8 Å². The average molecular weight is 322 g/mol. The number of hydrogen-bond donors (Lipinski definition) is 0. The molecule has 5 heteroatoms. The van der Waals surface area contributed by atoms with E-state index in [-0.39, 0.29) is 0 Å². The largest absolute Gasteiger partial charge is 0.497 e. The summed E-state index contributed by atoms with van der Waals surface area (Å²) in [6.45, 7) is 0.834. The van der Waals surface area contributed by atoms with E-state index < -0.39 is 0 Å². The van der Waals surface area contributed by atoms with Gasteiger partial charge in [0.15, 0.2) is 0 Å². The quantitative estimate of drug-likeness (QED) is 0.659. The van der Waals surface area contributed by atoms with Crippen molar-refractivity contribution in [1.29, 1.82) is 0 Å². The Morgan fingerprint density at radius 3 is 2.58 bits per heavy atom. The molecule has 3 rings (SSSR count). The number of ether oxygens (including phenoxy) is 2. The third-order valence-corrected chi connectivity index (χ3v) is 3.33. The molecule has 0 saturated heterocycles. The van der Waals surface area contributed by atoms with Gasteiger partial charge in [0.25, 0.3) is 0 Å². The molecule has 0 fully saturated rings. The van der Waals surface area contributed by atoms with E-state index in [1.54, 1.807) is 19.6 Å². The highest BCUT2D eigenvalue weighted by Crippen LogP contribution is 2.14. The number of oxazole rings is 1. The summed E-state index contributed by atoms with van der Waals surface area (Å²) in [4.78, 5) is 8.57. The van der Waals surface area contributed by atoms with Gasteiger partial charge in [-0.25, -0.2) is 4.98 Å². The van der Waals surface area contributed by atoms with Gasteiger partial charge in [-0.1, -0.05) is 18.2 Å². The van der Waals surface area contributed by atoms with Gasteiger partial charge in [0, 0.05) is 12.3 Å². The average Bonchev–Trinajstić information content (AvgIpc) is 3.09. The summed E-state index contributed by atoms with van der Waals surface area (Å²) in [6.07, 6.45) is 7.11. The third-order valence-electron chi connectivity index (χ3n) is 3.33. The molecule has 1 aromatic carbocycles. The standard InChI is InChI=1S/C19H18N2O3/c1-22-18-8-5-15(6-9-18)7-10-19-21-17(14-24-19)13-23-12-16-4-2-3-11-20-16/h2-11,14H,12-13H2,1H3. The number of methoxy groups -OCH3 is 1. The van der Waals surface area contributed by atoms with Gasteiger partial charge in [0.2, 0.25) is 5.89 Å². The molecule has 2 aromatic heterocycles. The minimum Gasteiger partial charge on any atom is -0.497 e. The Hall–Kier alpha value is -2.92. The van der Waals surface area contributed by atoms with Gasteiger partial charge in [0.05, 0.1) is 26.0 Å². The fraction of sp³-hybridized carbons (Fsp3) is 0.158. The van der Waals surface area contributed by atoms with Crippen molar-refractivity contribution in [2.75, 3.05) is 7.11 Å². The lowest BCUT2D eigenvalue weighted by atomic mass is 10.2. The molecule has 3 aromatic rings. The first kappa shape index (κ1) is 16.0. The smallest absolute Gasteiger partial charge is 0.218 e. The molecule has 0 unspecified atom stereocenters. The molecule has 0 bridgehead atoms. The summed E-state index contributed by atoms with van der Waals surface area (Å²) in [6, 6.07) is 13.5. The fourth-order valence-electron chi connectivity index (χ4n) is 2.09. The van der Waals surface area contributed by atoms with Crippen LogP contribution in [0, 0.1) is 0 Å². The second kappa shape index (κ2) is 8.08. The van der Waals surface area contributed by atoms with Crippen LogP contribution in [-0.2, 0) is 18.0 Å². The van der Waals surface area contributed by atoms with Crippen molar-refractivity contribution in [3.8, 4) is 5.75 Å². The number of pyridine rings is 1. The Balaban J connectivity index is 1.52. The van der Waals surface area contributed by atoms with Gasteiger partial charge in [-0.2, -0.15) is 0 Å². The Morgan fingerprint density at radius 1 is 1.00 bits per heavy atom. The SMILES string of the molecule is COc1ccc(C=Cc2nc(COCc3ccccn3)co2)cc1. The van der Waals surface area contributed by atoms with Crippen molar-refractivity contribution < 1.29 is 13.9 Å². The zero-order chi connectivity index (χ0) is 16.6. The van der Waals surface area contributed by atoms with Gasteiger partial charge in [-0.3, -0.25) is 4.98 Å². The van der Waals surface area contributed by atoms with Gasteiger partial charge in [-0.15, -0.1) is 0 Å². The van der Waals surface area contributed by atoms with E-state index in [0.717, 1.165) is 22.7 Å². The molecule has 0 aliphatic rings. The van der Waals surface area contributed by atoms with Crippen LogP contribution in [0.15, 0.2) is 59.3 Å². The molecule has 0 spiro atoms. The first-order valence-electron chi connectivity index (χ1n) is 7.58. The van der Waals surface area contributed by atoms with Crippen LogP contribution in [-0.4, -0.2) is 17.1 Å². The molecule has 0 radical (unpaired) electrons. The van der Waals surface area contributed by atoms with Crippen LogP contribution < -0.4 is 4.74 Å². The van der Waals surface area contributed by atoms with Crippen molar-refractivity contribution in [3.63, 3.8) is 0 Å². The van der Waals surface area contributed by atoms with Crippen LogP contribution in [0.3, 0.4) is 0 Å². The molecule has 0 saturated carbocycles. The van der Waals surface area contributed by atoms with Crippen LogP contribution in [0.4, 0.5) is 0 Å². The first-order valence-corrected chi connectivity index (χ1v) is 7.58. The second-order valence-electron chi connectivity index (χ2n) is 5.10. The van der Waals surface area contributed by atoms with Crippen molar-refractivity contribution >= 4 is 12.2 Å². The maximum atomic E-state index is 5.58. The molecule has 5 nitrogen and oxygen atoms in total. The summed E-state index contributed by atoms with van der Waals surface area (Å²) in [7, 11) is 1.65. The lowest BCUT2D eigenvalue weighted by molar-refractivity contribution is 0.102. The molecular formula is C19H18N2O3. The molecule has 0 amide bonds. The van der Waals surface area contributed by atoms with Gasteiger partial charge < -0.3 is 13.9 Å². The summed E-state index contributed by atoms with van der Waals surface area (Å²) in [5.74, 6) is 1.37. The third kappa shape index (κ3) is 4.54. The highest BCUT2D eigenvalue weighted by molar-refractivity contribution is 5.66. The molecule has 2 heterocycles. The number of rotatable bonds is 7. The van der Waals surface area contributed by atoms with Crippen LogP contribution in [0.25, 0.3) is 12.2 Å². The predicted molar refractivity (Wildman–Crippen MR) is 91.2 cm³/mol. The highest BCUT2D eigenvalue weighted by Gasteiger charge is 2.02. The maximum absolute atomic E-state index is 5.58. The number of benzene rings is 1. The zero-order valence-electron chi connectivity index (χ0n) is 13.4. The van der Waals surface area contributed by atoms with Crippen molar-refractivity contribution in [2.45, 2.75) is 13.2 Å². The van der Waals surface area contributed by atoms with Crippen molar-refractivity contribution in [3.05, 3.63) is 77.8 Å². The van der Waals surface area contributed by atoms with E-state index in [9.17, 15) is 0 Å². The minimum absolute atomic E-state index is 0.385. The van der Waals surface area contributed by atoms with E-state index in [2.05, 4.69) is 9.97 Å². The van der Waals surface area contributed by atoms with Crippen LogP contribution >= 0.6 is 0 Å². The topological polar surface area (TPSA) is 57.4 Å². The van der Waals surface area contributed by atoms with Crippen LogP contribution in [0.2, 0.25) is 0 Å². The van der Waals surface area contributed by atoms with E-state index in [1.807, 2.05) is 54.6 Å². The minimum atomic E-state index is 0.385. The summed E-state index contributed by atoms with van der Waals surface area (Å²) < 4.78 is 16.1. The van der Waals surface area contributed by atoms with E-state index in [4.69, 9.17) is 13.9 Å². The molecule has 24 heavy (non-hydrogen) atoms. The zero-order valence-corrected chi connectivity index (χ0v) is 13.4. The molecule has 0 atom stereocenters. The summed E-state index contributed by atoms with van der Waals surface area (Å²) in [5.41, 5.74) is 2.68. The molecule has 122 valence electrons. The highest BCUT2D eigenvalue weighted by atomic mass is 16.5. The maximum Gasteiger partial charge on any atom is 0.218 e. The van der Waals surface area contributed by atoms with Gasteiger partial charge in [0.1, 0.15) is 17.7 Å². The number of nitrogens with zero attached hydrogens (tertiary/aromatic N) is 2. The first-order chi connectivity index (χ1) is 11.8. The Kier molecular flexibility index (Phi) is 5.37. The molecule has 0 aliphatic carbocycles. The Labute approximate surface area is 140 Å². The van der Waals surface area contributed by atoms with Gasteiger partial charge in [-0.05, 0) is 35.9 Å². The second-order valence-corrected chi connectivity index (χ2v) is 5.10. The van der Waals surface area contributed by atoms with E-state index >= 15 is 0 Å². The fourth-order valence-corrected chi connectivity index (χ4v) is 2.09. The monoisotopic (exact) mass is 322 g/mol. The lowest BCUT2D eigenvalue weighted by Crippen LogP contribution is -1.96.